The first-order valence-corrected chi connectivity index (χ1v) is 8.91. The van der Waals surface area contributed by atoms with Gasteiger partial charge in [-0.15, -0.1) is 6.42 Å². The van der Waals surface area contributed by atoms with Gasteiger partial charge in [-0.05, 0) is 36.8 Å². The van der Waals surface area contributed by atoms with Crippen LogP contribution in [0.3, 0.4) is 0 Å². The Labute approximate surface area is 157 Å². The molecule has 0 N–H and O–H groups in total. The molecule has 4 nitrogen and oxygen atoms in total. The van der Waals surface area contributed by atoms with Crippen molar-refractivity contribution in [2.45, 2.75) is 25.8 Å². The number of hydrogen-bond acceptors (Lipinski definition) is 2. The molecule has 1 saturated heterocycles. The SMILES string of the molecule is C#CCn1c([C@@H]2CC(=O)N(c3cc(Cl)ccc3C)C2)nc2ccccc21. The largest absolute Gasteiger partial charge is 0.316 e. The Morgan fingerprint density at radius 1 is 1.31 bits per heavy atom. The summed E-state index contributed by atoms with van der Waals surface area (Å²) in [4.78, 5) is 19.3. The zero-order valence-electron chi connectivity index (χ0n) is 14.4. The van der Waals surface area contributed by atoms with E-state index in [9.17, 15) is 4.79 Å². The first-order valence-electron chi connectivity index (χ1n) is 8.53. The summed E-state index contributed by atoms with van der Waals surface area (Å²) in [6.07, 6.45) is 5.99. The van der Waals surface area contributed by atoms with Crippen molar-refractivity contribution in [1.82, 2.24) is 9.55 Å². The minimum absolute atomic E-state index is 0.00151. The third-order valence-corrected chi connectivity index (χ3v) is 5.12. The quantitative estimate of drug-likeness (QED) is 0.655. The van der Waals surface area contributed by atoms with Crippen LogP contribution in [-0.4, -0.2) is 22.0 Å². The number of amides is 1. The number of rotatable bonds is 3. The molecule has 1 fully saturated rings. The van der Waals surface area contributed by atoms with E-state index in [2.05, 4.69) is 5.92 Å². The molecule has 2 heterocycles. The number of fused-ring (bicyclic) bond motifs is 1. The average molecular weight is 364 g/mol. The van der Waals surface area contributed by atoms with Gasteiger partial charge in [-0.2, -0.15) is 0 Å². The van der Waals surface area contributed by atoms with Crippen LogP contribution in [0.15, 0.2) is 42.5 Å². The van der Waals surface area contributed by atoms with Crippen molar-refractivity contribution in [3.63, 3.8) is 0 Å². The van der Waals surface area contributed by atoms with Gasteiger partial charge < -0.3 is 9.47 Å². The van der Waals surface area contributed by atoms with Crippen LogP contribution in [0.5, 0.6) is 0 Å². The Bertz CT molecular complexity index is 1050. The van der Waals surface area contributed by atoms with E-state index in [1.165, 1.54) is 0 Å². The fourth-order valence-electron chi connectivity index (χ4n) is 3.65. The van der Waals surface area contributed by atoms with Gasteiger partial charge >= 0.3 is 0 Å². The number of anilines is 1. The monoisotopic (exact) mass is 363 g/mol. The first kappa shape index (κ1) is 16.7. The predicted molar refractivity (Wildman–Crippen MR) is 104 cm³/mol. The van der Waals surface area contributed by atoms with Crippen LogP contribution in [0, 0.1) is 19.3 Å². The minimum atomic E-state index is 0.00151. The molecule has 2 aromatic carbocycles. The van der Waals surface area contributed by atoms with Gasteiger partial charge in [0.05, 0.1) is 17.6 Å². The Morgan fingerprint density at radius 2 is 2.12 bits per heavy atom. The van der Waals surface area contributed by atoms with Crippen molar-refractivity contribution >= 4 is 34.2 Å². The van der Waals surface area contributed by atoms with Gasteiger partial charge in [-0.25, -0.2) is 4.98 Å². The van der Waals surface area contributed by atoms with Crippen LogP contribution in [-0.2, 0) is 11.3 Å². The van der Waals surface area contributed by atoms with Gasteiger partial charge in [0, 0.05) is 29.6 Å². The van der Waals surface area contributed by atoms with Crippen LogP contribution in [0.1, 0.15) is 23.7 Å². The third-order valence-electron chi connectivity index (χ3n) is 4.89. The second-order valence-corrected chi connectivity index (χ2v) is 7.02. The highest BCUT2D eigenvalue weighted by Crippen LogP contribution is 2.35. The molecule has 0 unspecified atom stereocenters. The number of halogens is 1. The second kappa shape index (κ2) is 6.51. The van der Waals surface area contributed by atoms with Gasteiger partial charge in [-0.3, -0.25) is 4.79 Å². The Balaban J connectivity index is 1.73. The van der Waals surface area contributed by atoms with Crippen LogP contribution >= 0.6 is 11.6 Å². The molecule has 0 saturated carbocycles. The number of nitrogens with zero attached hydrogens (tertiary/aromatic N) is 3. The molecule has 0 spiro atoms. The van der Waals surface area contributed by atoms with Gasteiger partial charge in [0.1, 0.15) is 5.82 Å². The highest BCUT2D eigenvalue weighted by Gasteiger charge is 2.35. The molecule has 3 aromatic rings. The van der Waals surface area contributed by atoms with Crippen molar-refractivity contribution in [3.8, 4) is 12.3 Å². The number of aromatic nitrogens is 2. The maximum Gasteiger partial charge on any atom is 0.227 e. The summed E-state index contributed by atoms with van der Waals surface area (Å²) < 4.78 is 2.04. The van der Waals surface area contributed by atoms with Crippen molar-refractivity contribution < 1.29 is 4.79 Å². The number of carbonyl (C=O) groups is 1. The molecule has 1 atom stereocenters. The topological polar surface area (TPSA) is 38.1 Å². The van der Waals surface area contributed by atoms with E-state index in [4.69, 9.17) is 23.0 Å². The van der Waals surface area contributed by atoms with Crippen LogP contribution in [0.4, 0.5) is 5.69 Å². The summed E-state index contributed by atoms with van der Waals surface area (Å²) in [6, 6.07) is 13.5. The second-order valence-electron chi connectivity index (χ2n) is 6.59. The standard InChI is InChI=1S/C21H18ClN3O/c1-3-10-24-18-7-5-4-6-17(18)23-21(24)15-11-20(26)25(13-15)19-12-16(22)9-8-14(19)2/h1,4-9,12,15H,10-11,13H2,2H3/t15-/m1/s1. The van der Waals surface area contributed by atoms with Crippen molar-refractivity contribution in [2.24, 2.45) is 0 Å². The molecule has 5 heteroatoms. The summed E-state index contributed by atoms with van der Waals surface area (Å²) in [7, 11) is 0. The van der Waals surface area contributed by atoms with Crippen LogP contribution in [0.2, 0.25) is 5.02 Å². The number of terminal acetylenes is 1. The Hall–Kier alpha value is -2.77. The summed E-state index contributed by atoms with van der Waals surface area (Å²) in [6.45, 7) is 3.00. The fourth-order valence-corrected chi connectivity index (χ4v) is 3.82. The number of benzene rings is 2. The highest BCUT2D eigenvalue weighted by molar-refractivity contribution is 6.31. The molecule has 1 aliphatic rings. The van der Waals surface area contributed by atoms with Crippen LogP contribution < -0.4 is 4.90 Å². The summed E-state index contributed by atoms with van der Waals surface area (Å²) >= 11 is 6.14. The Kier molecular flexibility index (Phi) is 4.18. The lowest BCUT2D eigenvalue weighted by Crippen LogP contribution is -2.25. The number of para-hydroxylation sites is 2. The molecular formula is C21H18ClN3O. The van der Waals surface area contributed by atoms with Crippen LogP contribution in [0.25, 0.3) is 11.0 Å². The number of carbonyl (C=O) groups excluding carboxylic acids is 1. The summed E-state index contributed by atoms with van der Waals surface area (Å²) in [5.41, 5.74) is 3.80. The van der Waals surface area contributed by atoms with E-state index in [0.717, 1.165) is 28.1 Å². The molecule has 1 aromatic heterocycles. The Morgan fingerprint density at radius 3 is 2.92 bits per heavy atom. The molecule has 1 aliphatic heterocycles. The van der Waals surface area contributed by atoms with E-state index in [0.29, 0.717) is 24.5 Å². The zero-order valence-corrected chi connectivity index (χ0v) is 15.2. The number of imidazole rings is 1. The molecule has 0 bridgehead atoms. The lowest BCUT2D eigenvalue weighted by molar-refractivity contribution is -0.117. The average Bonchev–Trinajstić information content (AvgIpc) is 3.18. The maximum atomic E-state index is 12.7. The van der Waals surface area contributed by atoms with Gasteiger partial charge in [-0.1, -0.05) is 35.7 Å². The van der Waals surface area contributed by atoms with E-state index in [-0.39, 0.29) is 11.8 Å². The van der Waals surface area contributed by atoms with Gasteiger partial charge in [0.2, 0.25) is 5.91 Å². The fraction of sp³-hybridized carbons (Fsp3) is 0.238. The molecule has 130 valence electrons. The van der Waals surface area contributed by atoms with Crippen molar-refractivity contribution in [1.29, 1.82) is 0 Å². The van der Waals surface area contributed by atoms with Crippen molar-refractivity contribution in [3.05, 3.63) is 58.9 Å². The molecule has 1 amide bonds. The highest BCUT2D eigenvalue weighted by atomic mass is 35.5. The normalized spacial score (nSPS) is 17.0. The maximum absolute atomic E-state index is 12.7. The predicted octanol–water partition coefficient (Wildman–Crippen LogP) is 4.15. The molecule has 26 heavy (non-hydrogen) atoms. The van der Waals surface area contributed by atoms with Crippen molar-refractivity contribution in [2.75, 3.05) is 11.4 Å². The smallest absolute Gasteiger partial charge is 0.227 e. The lowest BCUT2D eigenvalue weighted by atomic mass is 10.1. The first-order chi connectivity index (χ1) is 12.6. The number of aryl methyl sites for hydroxylation is 1. The van der Waals surface area contributed by atoms with E-state index in [1.807, 2.05) is 58.9 Å². The minimum Gasteiger partial charge on any atom is -0.316 e. The zero-order chi connectivity index (χ0) is 18.3. The lowest BCUT2D eigenvalue weighted by Gasteiger charge is -2.19. The summed E-state index contributed by atoms with van der Waals surface area (Å²) in [5.74, 6) is 3.66. The van der Waals surface area contributed by atoms with E-state index in [1.54, 1.807) is 0 Å². The van der Waals surface area contributed by atoms with Gasteiger partial charge in [0.25, 0.3) is 0 Å². The summed E-state index contributed by atoms with van der Waals surface area (Å²) in [5, 5.41) is 0.626. The van der Waals surface area contributed by atoms with E-state index < -0.39 is 0 Å². The molecule has 4 rings (SSSR count). The third kappa shape index (κ3) is 2.75. The van der Waals surface area contributed by atoms with E-state index >= 15 is 0 Å². The molecular weight excluding hydrogens is 346 g/mol. The molecule has 0 radical (unpaired) electrons. The number of hydrogen-bond donors (Lipinski definition) is 0. The van der Waals surface area contributed by atoms with Gasteiger partial charge in [0.15, 0.2) is 0 Å². The molecule has 0 aliphatic carbocycles.